The third-order valence-electron chi connectivity index (χ3n) is 2.96. The molecule has 1 aromatic heterocycles. The molecule has 1 heterocycles. The van der Waals surface area contributed by atoms with Gasteiger partial charge in [-0.3, -0.25) is 4.68 Å². The predicted molar refractivity (Wildman–Crippen MR) is 61.5 cm³/mol. The monoisotopic (exact) mass is 208 g/mol. The van der Waals surface area contributed by atoms with Gasteiger partial charge in [0.1, 0.15) is 0 Å². The molecule has 0 unspecified atom stereocenters. The van der Waals surface area contributed by atoms with Gasteiger partial charge in [0.25, 0.3) is 0 Å². The van der Waals surface area contributed by atoms with Crippen molar-refractivity contribution in [2.45, 2.75) is 26.3 Å². The van der Waals surface area contributed by atoms with Gasteiger partial charge < -0.3 is 10.6 Å². The minimum atomic E-state index is 0.750. The lowest BCUT2D eigenvalue weighted by molar-refractivity contribution is 0.261. The van der Waals surface area contributed by atoms with Gasteiger partial charge >= 0.3 is 0 Å². The van der Waals surface area contributed by atoms with E-state index in [2.05, 4.69) is 16.9 Å². The Kier molecular flexibility index (Phi) is 3.26. The van der Waals surface area contributed by atoms with Crippen molar-refractivity contribution in [1.82, 2.24) is 14.7 Å². The molecule has 2 N–H and O–H groups in total. The van der Waals surface area contributed by atoms with Gasteiger partial charge in [-0.25, -0.2) is 0 Å². The van der Waals surface area contributed by atoms with Crippen molar-refractivity contribution in [3.8, 4) is 0 Å². The van der Waals surface area contributed by atoms with Crippen LogP contribution in [0.25, 0.3) is 0 Å². The summed E-state index contributed by atoms with van der Waals surface area (Å²) in [6, 6.07) is 0. The van der Waals surface area contributed by atoms with Crippen molar-refractivity contribution >= 4 is 5.69 Å². The van der Waals surface area contributed by atoms with Crippen molar-refractivity contribution in [3.05, 3.63) is 12.4 Å². The summed E-state index contributed by atoms with van der Waals surface area (Å²) in [5, 5.41) is 4.18. The zero-order chi connectivity index (χ0) is 10.7. The Morgan fingerprint density at radius 3 is 2.93 bits per heavy atom. The number of likely N-dealkylation sites (N-methyl/N-ethyl adjacent to an activating group) is 1. The summed E-state index contributed by atoms with van der Waals surface area (Å²) < 4.78 is 1.92. The molecular formula is C11H20N4. The molecular weight excluding hydrogens is 188 g/mol. The van der Waals surface area contributed by atoms with Crippen molar-refractivity contribution in [3.63, 3.8) is 0 Å². The molecule has 1 aromatic rings. The third-order valence-corrected chi connectivity index (χ3v) is 2.96. The molecule has 1 saturated carbocycles. The summed E-state index contributed by atoms with van der Waals surface area (Å²) in [7, 11) is 0. The highest BCUT2D eigenvalue weighted by Gasteiger charge is 2.23. The van der Waals surface area contributed by atoms with Crippen LogP contribution in [0.4, 0.5) is 5.69 Å². The molecule has 15 heavy (non-hydrogen) atoms. The Bertz CT molecular complexity index is 303. The van der Waals surface area contributed by atoms with Crippen molar-refractivity contribution in [1.29, 1.82) is 0 Å². The summed E-state index contributed by atoms with van der Waals surface area (Å²) in [6.07, 6.45) is 6.44. The van der Waals surface area contributed by atoms with Gasteiger partial charge in [0.05, 0.1) is 18.4 Å². The molecule has 0 spiro atoms. The number of anilines is 1. The van der Waals surface area contributed by atoms with Crippen LogP contribution in [0.3, 0.4) is 0 Å². The Morgan fingerprint density at radius 1 is 1.60 bits per heavy atom. The van der Waals surface area contributed by atoms with Gasteiger partial charge in [0.2, 0.25) is 0 Å². The maximum atomic E-state index is 5.61. The molecule has 1 aliphatic rings. The second-order valence-electron chi connectivity index (χ2n) is 4.37. The number of nitrogen functional groups attached to an aromatic ring is 1. The summed E-state index contributed by atoms with van der Waals surface area (Å²) in [6.45, 7) is 6.63. The maximum absolute atomic E-state index is 5.61. The molecule has 0 aliphatic heterocycles. The van der Waals surface area contributed by atoms with E-state index in [1.54, 1.807) is 6.20 Å². The van der Waals surface area contributed by atoms with Gasteiger partial charge in [-0.05, 0) is 25.3 Å². The summed E-state index contributed by atoms with van der Waals surface area (Å²) in [5.74, 6) is 0.965. The molecule has 0 atom stereocenters. The topological polar surface area (TPSA) is 47.1 Å². The zero-order valence-corrected chi connectivity index (χ0v) is 9.39. The average molecular weight is 208 g/mol. The minimum absolute atomic E-state index is 0.750. The molecule has 0 aromatic carbocycles. The quantitative estimate of drug-likeness (QED) is 0.764. The number of rotatable bonds is 6. The van der Waals surface area contributed by atoms with Gasteiger partial charge in [-0.2, -0.15) is 5.10 Å². The van der Waals surface area contributed by atoms with Crippen molar-refractivity contribution in [2.75, 3.05) is 25.4 Å². The number of nitrogens with two attached hydrogens (primary N) is 1. The Balaban J connectivity index is 1.74. The first-order valence-electron chi connectivity index (χ1n) is 5.78. The average Bonchev–Trinajstić information content (AvgIpc) is 2.95. The van der Waals surface area contributed by atoms with Crippen LogP contribution in [0, 0.1) is 5.92 Å². The number of hydrogen-bond donors (Lipinski definition) is 1. The third kappa shape index (κ3) is 3.23. The molecule has 1 fully saturated rings. The van der Waals surface area contributed by atoms with Gasteiger partial charge in [-0.15, -0.1) is 0 Å². The number of nitrogens with zero attached hydrogens (tertiary/aromatic N) is 3. The van der Waals surface area contributed by atoms with E-state index in [0.29, 0.717) is 0 Å². The Hall–Kier alpha value is -1.03. The van der Waals surface area contributed by atoms with E-state index in [1.807, 2.05) is 10.9 Å². The van der Waals surface area contributed by atoms with E-state index in [4.69, 9.17) is 5.73 Å². The van der Waals surface area contributed by atoms with Gasteiger partial charge in [-0.1, -0.05) is 6.92 Å². The van der Waals surface area contributed by atoms with E-state index in [1.165, 1.54) is 19.4 Å². The fraction of sp³-hybridized carbons (Fsp3) is 0.727. The molecule has 0 radical (unpaired) electrons. The van der Waals surface area contributed by atoms with E-state index in [-0.39, 0.29) is 0 Å². The molecule has 84 valence electrons. The molecule has 0 saturated heterocycles. The first-order chi connectivity index (χ1) is 7.28. The standard InChI is InChI=1S/C11H20N4/c1-2-14(8-10-3-4-10)5-6-15-9-11(12)7-13-15/h7,9-10H,2-6,8,12H2,1H3. The lowest BCUT2D eigenvalue weighted by atomic mass is 10.3. The molecule has 4 nitrogen and oxygen atoms in total. The highest BCUT2D eigenvalue weighted by Crippen LogP contribution is 2.29. The largest absolute Gasteiger partial charge is 0.396 e. The smallest absolute Gasteiger partial charge is 0.0719 e. The Labute approximate surface area is 91.1 Å². The van der Waals surface area contributed by atoms with Crippen LogP contribution in [-0.4, -0.2) is 34.3 Å². The molecule has 1 aliphatic carbocycles. The van der Waals surface area contributed by atoms with E-state index in [9.17, 15) is 0 Å². The second-order valence-corrected chi connectivity index (χ2v) is 4.37. The van der Waals surface area contributed by atoms with Crippen LogP contribution in [0.15, 0.2) is 12.4 Å². The Morgan fingerprint density at radius 2 is 2.40 bits per heavy atom. The number of hydrogen-bond acceptors (Lipinski definition) is 3. The lowest BCUT2D eigenvalue weighted by Gasteiger charge is -2.19. The molecule has 2 rings (SSSR count). The highest BCUT2D eigenvalue weighted by atomic mass is 15.3. The first kappa shape index (κ1) is 10.5. The van der Waals surface area contributed by atoms with Crippen molar-refractivity contribution in [2.24, 2.45) is 5.92 Å². The van der Waals surface area contributed by atoms with Crippen LogP contribution in [0.5, 0.6) is 0 Å². The highest BCUT2D eigenvalue weighted by molar-refractivity contribution is 5.30. The van der Waals surface area contributed by atoms with Crippen LogP contribution < -0.4 is 5.73 Å². The van der Waals surface area contributed by atoms with Crippen LogP contribution in [-0.2, 0) is 6.54 Å². The van der Waals surface area contributed by atoms with Crippen molar-refractivity contribution < 1.29 is 0 Å². The fourth-order valence-corrected chi connectivity index (χ4v) is 1.79. The molecule has 0 amide bonds. The van der Waals surface area contributed by atoms with Gasteiger partial charge in [0, 0.05) is 19.3 Å². The van der Waals surface area contributed by atoms with E-state index < -0.39 is 0 Å². The first-order valence-corrected chi connectivity index (χ1v) is 5.78. The summed E-state index contributed by atoms with van der Waals surface area (Å²) >= 11 is 0. The van der Waals surface area contributed by atoms with Crippen LogP contribution >= 0.6 is 0 Å². The number of aromatic nitrogens is 2. The van der Waals surface area contributed by atoms with Crippen LogP contribution in [0.1, 0.15) is 19.8 Å². The maximum Gasteiger partial charge on any atom is 0.0719 e. The minimum Gasteiger partial charge on any atom is -0.396 e. The second kappa shape index (κ2) is 4.66. The molecule has 0 bridgehead atoms. The lowest BCUT2D eigenvalue weighted by Crippen LogP contribution is -2.29. The molecule has 4 heteroatoms. The van der Waals surface area contributed by atoms with E-state index in [0.717, 1.165) is 31.2 Å². The normalized spacial score (nSPS) is 16.1. The van der Waals surface area contributed by atoms with Gasteiger partial charge in [0.15, 0.2) is 0 Å². The summed E-state index contributed by atoms with van der Waals surface area (Å²) in [5.41, 5.74) is 6.36. The summed E-state index contributed by atoms with van der Waals surface area (Å²) in [4.78, 5) is 2.50. The van der Waals surface area contributed by atoms with E-state index >= 15 is 0 Å². The van der Waals surface area contributed by atoms with Crippen LogP contribution in [0.2, 0.25) is 0 Å². The zero-order valence-electron chi connectivity index (χ0n) is 9.39. The SMILES string of the molecule is CCN(CCn1cc(N)cn1)CC1CC1. The predicted octanol–water partition coefficient (Wildman–Crippen LogP) is 1.20. The fourth-order valence-electron chi connectivity index (χ4n) is 1.79.